The maximum atomic E-state index is 5.93. The third-order valence-corrected chi connectivity index (χ3v) is 3.69. The van der Waals surface area contributed by atoms with Gasteiger partial charge >= 0.3 is 0 Å². The monoisotopic (exact) mass is 247 g/mol. The summed E-state index contributed by atoms with van der Waals surface area (Å²) in [4.78, 5) is 0. The number of hydrogen-bond donors (Lipinski definition) is 1. The second kappa shape index (κ2) is 5.31. The molecule has 1 unspecified atom stereocenters. The van der Waals surface area contributed by atoms with E-state index in [9.17, 15) is 0 Å². The van der Waals surface area contributed by atoms with Crippen LogP contribution in [0, 0.1) is 5.92 Å². The zero-order valence-electron chi connectivity index (χ0n) is 12.0. The van der Waals surface area contributed by atoms with Crippen molar-refractivity contribution in [2.75, 3.05) is 13.7 Å². The van der Waals surface area contributed by atoms with Crippen molar-refractivity contribution >= 4 is 0 Å². The molecule has 1 fully saturated rings. The van der Waals surface area contributed by atoms with Gasteiger partial charge in [0.25, 0.3) is 0 Å². The van der Waals surface area contributed by atoms with E-state index in [-0.39, 0.29) is 5.41 Å². The van der Waals surface area contributed by atoms with Crippen molar-refractivity contribution in [3.8, 4) is 5.75 Å². The molecule has 1 aliphatic rings. The van der Waals surface area contributed by atoms with Crippen LogP contribution in [0.5, 0.6) is 5.75 Å². The number of likely N-dealkylation sites (N-methyl/N-ethyl adjacent to an activating group) is 1. The Labute approximate surface area is 111 Å². The predicted molar refractivity (Wildman–Crippen MR) is 76.2 cm³/mol. The van der Waals surface area contributed by atoms with E-state index in [2.05, 4.69) is 50.4 Å². The van der Waals surface area contributed by atoms with Crippen LogP contribution < -0.4 is 10.1 Å². The molecule has 0 radical (unpaired) electrons. The zero-order chi connectivity index (χ0) is 13.2. The molecule has 1 aromatic carbocycles. The highest BCUT2D eigenvalue weighted by molar-refractivity contribution is 5.32. The lowest BCUT2D eigenvalue weighted by Crippen LogP contribution is -2.33. The second-order valence-electron chi connectivity index (χ2n) is 6.32. The van der Waals surface area contributed by atoms with Gasteiger partial charge in [0.1, 0.15) is 12.4 Å². The maximum Gasteiger partial charge on any atom is 0.119 e. The summed E-state index contributed by atoms with van der Waals surface area (Å²) in [5.74, 6) is 1.81. The molecule has 0 aromatic heterocycles. The van der Waals surface area contributed by atoms with Crippen LogP contribution in [0.1, 0.15) is 39.2 Å². The molecule has 0 aliphatic heterocycles. The summed E-state index contributed by atoms with van der Waals surface area (Å²) >= 11 is 0. The first kappa shape index (κ1) is 13.4. The summed E-state index contributed by atoms with van der Waals surface area (Å²) in [6.45, 7) is 7.46. The number of benzene rings is 1. The molecule has 1 aromatic rings. The van der Waals surface area contributed by atoms with Gasteiger partial charge in [0, 0.05) is 6.04 Å². The number of rotatable bonds is 5. The van der Waals surface area contributed by atoms with Crippen molar-refractivity contribution in [3.05, 3.63) is 29.8 Å². The van der Waals surface area contributed by atoms with Crippen molar-refractivity contribution in [2.45, 2.75) is 45.1 Å². The predicted octanol–water partition coefficient (Wildman–Crippen LogP) is 3.36. The van der Waals surface area contributed by atoms with Gasteiger partial charge in [0.2, 0.25) is 0 Å². The van der Waals surface area contributed by atoms with Crippen molar-refractivity contribution in [1.82, 2.24) is 5.32 Å². The molecule has 1 saturated carbocycles. The van der Waals surface area contributed by atoms with Gasteiger partial charge < -0.3 is 10.1 Å². The Balaban J connectivity index is 1.96. The fraction of sp³-hybridized carbons (Fsp3) is 0.625. The third kappa shape index (κ3) is 3.49. The first-order valence-electron chi connectivity index (χ1n) is 6.91. The van der Waals surface area contributed by atoms with E-state index in [1.165, 1.54) is 18.4 Å². The zero-order valence-corrected chi connectivity index (χ0v) is 12.0. The van der Waals surface area contributed by atoms with Crippen molar-refractivity contribution in [2.24, 2.45) is 5.92 Å². The molecule has 0 bridgehead atoms. The van der Waals surface area contributed by atoms with Crippen LogP contribution in [0.15, 0.2) is 24.3 Å². The Morgan fingerprint density at radius 3 is 2.61 bits per heavy atom. The van der Waals surface area contributed by atoms with Gasteiger partial charge in [-0.3, -0.25) is 0 Å². The summed E-state index contributed by atoms with van der Waals surface area (Å²) in [6.07, 6.45) is 2.69. The lowest BCUT2D eigenvalue weighted by molar-refractivity contribution is 0.256. The molecule has 0 amide bonds. The van der Waals surface area contributed by atoms with Gasteiger partial charge in [-0.25, -0.2) is 0 Å². The molecule has 1 atom stereocenters. The Morgan fingerprint density at radius 2 is 2.06 bits per heavy atom. The summed E-state index contributed by atoms with van der Waals surface area (Å²) < 4.78 is 5.93. The molecule has 2 nitrogen and oxygen atoms in total. The topological polar surface area (TPSA) is 21.3 Å². The molecule has 100 valence electrons. The maximum absolute atomic E-state index is 5.93. The normalized spacial score (nSPS) is 17.6. The fourth-order valence-corrected chi connectivity index (χ4v) is 2.19. The SMILES string of the molecule is CNC(COc1cccc(C(C)(C)C)c1)C1CC1. The highest BCUT2D eigenvalue weighted by atomic mass is 16.5. The Kier molecular flexibility index (Phi) is 3.96. The van der Waals surface area contributed by atoms with Crippen LogP contribution in [0.4, 0.5) is 0 Å². The molecule has 2 heteroatoms. The lowest BCUT2D eigenvalue weighted by atomic mass is 9.87. The Morgan fingerprint density at radius 1 is 1.33 bits per heavy atom. The first-order valence-corrected chi connectivity index (χ1v) is 6.91. The number of nitrogens with one attached hydrogen (secondary N) is 1. The van der Waals surface area contributed by atoms with Crippen LogP contribution in [0.3, 0.4) is 0 Å². The van der Waals surface area contributed by atoms with Crippen LogP contribution in [0.2, 0.25) is 0 Å². The van der Waals surface area contributed by atoms with Crippen LogP contribution in [-0.4, -0.2) is 19.7 Å². The van der Waals surface area contributed by atoms with Crippen LogP contribution in [-0.2, 0) is 5.41 Å². The van der Waals surface area contributed by atoms with Crippen LogP contribution in [0.25, 0.3) is 0 Å². The first-order chi connectivity index (χ1) is 8.50. The molecule has 1 aliphatic carbocycles. The average molecular weight is 247 g/mol. The number of hydrogen-bond acceptors (Lipinski definition) is 2. The Bertz CT molecular complexity index is 390. The highest BCUT2D eigenvalue weighted by Gasteiger charge is 2.30. The smallest absolute Gasteiger partial charge is 0.119 e. The highest BCUT2D eigenvalue weighted by Crippen LogP contribution is 2.33. The quantitative estimate of drug-likeness (QED) is 0.861. The molecule has 1 N–H and O–H groups in total. The van der Waals surface area contributed by atoms with E-state index >= 15 is 0 Å². The van der Waals surface area contributed by atoms with Gasteiger partial charge in [-0.15, -0.1) is 0 Å². The van der Waals surface area contributed by atoms with E-state index in [0.717, 1.165) is 18.3 Å². The van der Waals surface area contributed by atoms with Gasteiger partial charge in [0.15, 0.2) is 0 Å². The molecule has 0 heterocycles. The summed E-state index contributed by atoms with van der Waals surface area (Å²) in [6, 6.07) is 8.97. The van der Waals surface area contributed by atoms with Gasteiger partial charge in [-0.1, -0.05) is 32.9 Å². The van der Waals surface area contributed by atoms with Crippen molar-refractivity contribution < 1.29 is 4.74 Å². The Hall–Kier alpha value is -1.02. The van der Waals surface area contributed by atoms with E-state index in [0.29, 0.717) is 6.04 Å². The van der Waals surface area contributed by atoms with Gasteiger partial charge in [0.05, 0.1) is 0 Å². The number of ether oxygens (including phenoxy) is 1. The van der Waals surface area contributed by atoms with E-state index in [1.807, 2.05) is 7.05 Å². The van der Waals surface area contributed by atoms with Crippen molar-refractivity contribution in [1.29, 1.82) is 0 Å². The van der Waals surface area contributed by atoms with Gasteiger partial charge in [-0.05, 0) is 48.9 Å². The minimum absolute atomic E-state index is 0.179. The van der Waals surface area contributed by atoms with E-state index in [4.69, 9.17) is 4.74 Å². The minimum Gasteiger partial charge on any atom is -0.492 e. The molecule has 0 saturated heterocycles. The summed E-state index contributed by atoms with van der Waals surface area (Å²) in [5, 5.41) is 3.35. The summed E-state index contributed by atoms with van der Waals surface area (Å²) in [5.41, 5.74) is 1.51. The molecular formula is C16H25NO. The van der Waals surface area contributed by atoms with E-state index in [1.54, 1.807) is 0 Å². The average Bonchev–Trinajstić information content (AvgIpc) is 3.14. The molecule has 0 spiro atoms. The molecular weight excluding hydrogens is 222 g/mol. The lowest BCUT2D eigenvalue weighted by Gasteiger charge is -2.21. The van der Waals surface area contributed by atoms with Gasteiger partial charge in [-0.2, -0.15) is 0 Å². The minimum atomic E-state index is 0.179. The standard InChI is InChI=1S/C16H25NO/c1-16(2,3)13-6-5-7-14(10-13)18-11-15(17-4)12-8-9-12/h5-7,10,12,15,17H,8-9,11H2,1-4H3. The fourth-order valence-electron chi connectivity index (χ4n) is 2.19. The largest absolute Gasteiger partial charge is 0.492 e. The van der Waals surface area contributed by atoms with Crippen LogP contribution >= 0.6 is 0 Å². The second-order valence-corrected chi connectivity index (χ2v) is 6.32. The van der Waals surface area contributed by atoms with Crippen molar-refractivity contribution in [3.63, 3.8) is 0 Å². The molecule has 2 rings (SSSR count). The summed E-state index contributed by atoms with van der Waals surface area (Å²) in [7, 11) is 2.03. The van der Waals surface area contributed by atoms with E-state index < -0.39 is 0 Å². The third-order valence-electron chi connectivity index (χ3n) is 3.69. The molecule has 18 heavy (non-hydrogen) atoms.